The standard InChI is InChI=1S/C13H25NO/c1-11-9-14(8-7-13(11)15)10-12-5-3-2-4-6-12/h11-13,15H,2-10H2,1H3. The molecule has 0 bridgehead atoms. The summed E-state index contributed by atoms with van der Waals surface area (Å²) in [5, 5.41) is 9.67. The normalized spacial score (nSPS) is 35.6. The molecule has 1 N–H and O–H groups in total. The molecule has 1 aliphatic carbocycles. The topological polar surface area (TPSA) is 23.5 Å². The number of aliphatic hydroxyl groups excluding tert-OH is 1. The number of aliphatic hydroxyl groups is 1. The lowest BCUT2D eigenvalue weighted by Gasteiger charge is -2.37. The number of piperidine rings is 1. The van der Waals surface area contributed by atoms with Crippen LogP contribution in [-0.4, -0.2) is 35.7 Å². The molecule has 1 saturated carbocycles. The van der Waals surface area contributed by atoms with Gasteiger partial charge >= 0.3 is 0 Å². The Labute approximate surface area is 93.7 Å². The summed E-state index contributed by atoms with van der Waals surface area (Å²) in [5.74, 6) is 1.42. The van der Waals surface area contributed by atoms with E-state index in [1.54, 1.807) is 0 Å². The molecule has 2 fully saturated rings. The maximum absolute atomic E-state index is 9.67. The van der Waals surface area contributed by atoms with Gasteiger partial charge in [0.1, 0.15) is 0 Å². The van der Waals surface area contributed by atoms with Gasteiger partial charge in [0.15, 0.2) is 0 Å². The Morgan fingerprint density at radius 1 is 1.13 bits per heavy atom. The highest BCUT2D eigenvalue weighted by atomic mass is 16.3. The number of hydrogen-bond donors (Lipinski definition) is 1. The summed E-state index contributed by atoms with van der Waals surface area (Å²) < 4.78 is 0. The molecule has 0 aromatic rings. The summed E-state index contributed by atoms with van der Waals surface area (Å²) in [6.45, 7) is 5.69. The van der Waals surface area contributed by atoms with Crippen LogP contribution in [0.1, 0.15) is 45.4 Å². The number of rotatable bonds is 2. The second-order valence-electron chi connectivity index (χ2n) is 5.60. The van der Waals surface area contributed by atoms with Crippen LogP contribution in [0, 0.1) is 11.8 Å². The highest BCUT2D eigenvalue weighted by Crippen LogP contribution is 2.26. The molecular formula is C13H25NO. The van der Waals surface area contributed by atoms with Gasteiger partial charge in [-0.1, -0.05) is 26.2 Å². The Morgan fingerprint density at radius 2 is 1.87 bits per heavy atom. The van der Waals surface area contributed by atoms with Crippen LogP contribution in [0.2, 0.25) is 0 Å². The third-order valence-electron chi connectivity index (χ3n) is 4.19. The molecule has 15 heavy (non-hydrogen) atoms. The van der Waals surface area contributed by atoms with Crippen molar-refractivity contribution in [2.45, 2.75) is 51.6 Å². The predicted octanol–water partition coefficient (Wildman–Crippen LogP) is 2.27. The molecule has 1 aliphatic heterocycles. The molecule has 0 spiro atoms. The van der Waals surface area contributed by atoms with Gasteiger partial charge in [0.2, 0.25) is 0 Å². The van der Waals surface area contributed by atoms with E-state index in [9.17, 15) is 5.11 Å². The second-order valence-corrected chi connectivity index (χ2v) is 5.60. The van der Waals surface area contributed by atoms with E-state index in [1.165, 1.54) is 38.6 Å². The zero-order chi connectivity index (χ0) is 10.7. The van der Waals surface area contributed by atoms with Crippen LogP contribution in [0.25, 0.3) is 0 Å². The van der Waals surface area contributed by atoms with Crippen LogP contribution in [0.4, 0.5) is 0 Å². The van der Waals surface area contributed by atoms with Crippen molar-refractivity contribution in [3.8, 4) is 0 Å². The number of hydrogen-bond acceptors (Lipinski definition) is 2. The molecule has 2 unspecified atom stereocenters. The monoisotopic (exact) mass is 211 g/mol. The first-order valence-electron chi connectivity index (χ1n) is 6.66. The minimum Gasteiger partial charge on any atom is -0.393 e. The highest BCUT2D eigenvalue weighted by molar-refractivity contribution is 4.79. The summed E-state index contributed by atoms with van der Waals surface area (Å²) in [5.41, 5.74) is 0. The van der Waals surface area contributed by atoms with E-state index in [1.807, 2.05) is 0 Å². The predicted molar refractivity (Wildman–Crippen MR) is 62.8 cm³/mol. The van der Waals surface area contributed by atoms with E-state index < -0.39 is 0 Å². The Hall–Kier alpha value is -0.0800. The second kappa shape index (κ2) is 5.31. The van der Waals surface area contributed by atoms with Gasteiger partial charge in [-0.3, -0.25) is 0 Å². The smallest absolute Gasteiger partial charge is 0.0590 e. The Kier molecular flexibility index (Phi) is 4.04. The van der Waals surface area contributed by atoms with Gasteiger partial charge in [0.25, 0.3) is 0 Å². The van der Waals surface area contributed by atoms with Crippen LogP contribution < -0.4 is 0 Å². The summed E-state index contributed by atoms with van der Waals surface area (Å²) in [6, 6.07) is 0. The zero-order valence-electron chi connectivity index (χ0n) is 9.99. The molecule has 0 aromatic heterocycles. The van der Waals surface area contributed by atoms with E-state index in [-0.39, 0.29) is 6.10 Å². The van der Waals surface area contributed by atoms with Gasteiger partial charge in [0, 0.05) is 19.6 Å². The van der Waals surface area contributed by atoms with E-state index in [0.717, 1.165) is 25.4 Å². The number of likely N-dealkylation sites (tertiary alicyclic amines) is 1. The quantitative estimate of drug-likeness (QED) is 0.757. The van der Waals surface area contributed by atoms with Crippen molar-refractivity contribution in [1.82, 2.24) is 4.90 Å². The molecule has 1 saturated heterocycles. The van der Waals surface area contributed by atoms with Crippen molar-refractivity contribution in [2.75, 3.05) is 19.6 Å². The molecule has 2 rings (SSSR count). The molecular weight excluding hydrogens is 186 g/mol. The van der Waals surface area contributed by atoms with Crippen molar-refractivity contribution in [3.05, 3.63) is 0 Å². The first kappa shape index (κ1) is 11.4. The van der Waals surface area contributed by atoms with E-state index in [0.29, 0.717) is 5.92 Å². The van der Waals surface area contributed by atoms with Gasteiger partial charge in [0.05, 0.1) is 6.10 Å². The lowest BCUT2D eigenvalue weighted by molar-refractivity contribution is 0.0267. The minimum atomic E-state index is -0.0485. The molecule has 2 aliphatic rings. The zero-order valence-corrected chi connectivity index (χ0v) is 9.99. The van der Waals surface area contributed by atoms with Crippen molar-refractivity contribution >= 4 is 0 Å². The summed E-state index contributed by atoms with van der Waals surface area (Å²) >= 11 is 0. The fraction of sp³-hybridized carbons (Fsp3) is 1.00. The van der Waals surface area contributed by atoms with E-state index in [4.69, 9.17) is 0 Å². The van der Waals surface area contributed by atoms with Crippen molar-refractivity contribution < 1.29 is 5.11 Å². The fourth-order valence-electron chi connectivity index (χ4n) is 3.12. The Morgan fingerprint density at radius 3 is 2.53 bits per heavy atom. The SMILES string of the molecule is CC1CN(CC2CCCCC2)CCC1O. The summed E-state index contributed by atoms with van der Waals surface area (Å²) in [7, 11) is 0. The van der Waals surface area contributed by atoms with E-state index >= 15 is 0 Å². The van der Waals surface area contributed by atoms with Gasteiger partial charge in [-0.2, -0.15) is 0 Å². The maximum Gasteiger partial charge on any atom is 0.0590 e. The van der Waals surface area contributed by atoms with Crippen molar-refractivity contribution in [2.24, 2.45) is 11.8 Å². The first-order chi connectivity index (χ1) is 7.25. The average Bonchev–Trinajstić information content (AvgIpc) is 2.25. The molecule has 2 atom stereocenters. The largest absolute Gasteiger partial charge is 0.393 e. The Bertz CT molecular complexity index is 189. The maximum atomic E-state index is 9.67. The summed E-state index contributed by atoms with van der Waals surface area (Å²) in [4.78, 5) is 2.58. The third kappa shape index (κ3) is 3.18. The average molecular weight is 211 g/mol. The Balaban J connectivity index is 1.74. The van der Waals surface area contributed by atoms with Crippen molar-refractivity contribution in [3.63, 3.8) is 0 Å². The molecule has 1 heterocycles. The lowest BCUT2D eigenvalue weighted by Crippen LogP contribution is -2.44. The highest BCUT2D eigenvalue weighted by Gasteiger charge is 2.26. The van der Waals surface area contributed by atoms with Crippen LogP contribution >= 0.6 is 0 Å². The third-order valence-corrected chi connectivity index (χ3v) is 4.19. The molecule has 0 aromatic carbocycles. The van der Waals surface area contributed by atoms with Crippen LogP contribution in [-0.2, 0) is 0 Å². The summed E-state index contributed by atoms with van der Waals surface area (Å²) in [6.07, 6.45) is 8.14. The van der Waals surface area contributed by atoms with Crippen molar-refractivity contribution in [1.29, 1.82) is 0 Å². The van der Waals surface area contributed by atoms with Crippen LogP contribution in [0.5, 0.6) is 0 Å². The van der Waals surface area contributed by atoms with Gasteiger partial charge in [-0.05, 0) is 31.1 Å². The molecule has 0 radical (unpaired) electrons. The van der Waals surface area contributed by atoms with Gasteiger partial charge < -0.3 is 10.0 Å². The van der Waals surface area contributed by atoms with Crippen LogP contribution in [0.15, 0.2) is 0 Å². The fourth-order valence-corrected chi connectivity index (χ4v) is 3.12. The first-order valence-corrected chi connectivity index (χ1v) is 6.66. The molecule has 2 heteroatoms. The van der Waals surface area contributed by atoms with Gasteiger partial charge in [-0.15, -0.1) is 0 Å². The number of nitrogens with zero attached hydrogens (tertiary/aromatic N) is 1. The van der Waals surface area contributed by atoms with Crippen LogP contribution in [0.3, 0.4) is 0 Å². The minimum absolute atomic E-state index is 0.0485. The molecule has 2 nitrogen and oxygen atoms in total. The van der Waals surface area contributed by atoms with Gasteiger partial charge in [-0.25, -0.2) is 0 Å². The molecule has 88 valence electrons. The van der Waals surface area contributed by atoms with E-state index in [2.05, 4.69) is 11.8 Å². The lowest BCUT2D eigenvalue weighted by atomic mass is 9.87. The molecule has 0 amide bonds.